The Kier molecular flexibility index (Phi) is 4.76. The molecule has 6 nitrogen and oxygen atoms in total. The van der Waals surface area contributed by atoms with Crippen molar-refractivity contribution >= 4 is 5.91 Å². The fraction of sp³-hybridized carbons (Fsp3) is 0.550. The number of amides is 1. The molecule has 2 fully saturated rings. The SMILES string of the molecule is Cc1ncc(CN2CCC3(CCCN(Cc4ccncc4)C3=O)CC2)[nH]1. The highest BCUT2D eigenvalue weighted by atomic mass is 16.2. The zero-order valence-electron chi connectivity index (χ0n) is 15.4. The molecule has 0 saturated carbocycles. The second kappa shape index (κ2) is 7.19. The number of imidazole rings is 1. The molecule has 6 heteroatoms. The Labute approximate surface area is 154 Å². The number of carbonyl (C=O) groups is 1. The lowest BCUT2D eigenvalue weighted by atomic mass is 9.71. The molecular formula is C20H27N5O. The highest BCUT2D eigenvalue weighted by Gasteiger charge is 2.45. The summed E-state index contributed by atoms with van der Waals surface area (Å²) in [6.07, 6.45) is 9.59. The summed E-state index contributed by atoms with van der Waals surface area (Å²) in [5.41, 5.74) is 2.18. The van der Waals surface area contributed by atoms with E-state index in [0.717, 1.165) is 68.9 Å². The molecular weight excluding hydrogens is 326 g/mol. The Morgan fingerprint density at radius 2 is 1.88 bits per heavy atom. The van der Waals surface area contributed by atoms with Crippen LogP contribution >= 0.6 is 0 Å². The largest absolute Gasteiger partial charge is 0.345 e. The Morgan fingerprint density at radius 1 is 1.12 bits per heavy atom. The van der Waals surface area contributed by atoms with Gasteiger partial charge in [0, 0.05) is 43.9 Å². The van der Waals surface area contributed by atoms with E-state index in [0.29, 0.717) is 12.5 Å². The number of likely N-dealkylation sites (tertiary alicyclic amines) is 2. The van der Waals surface area contributed by atoms with E-state index in [-0.39, 0.29) is 5.41 Å². The maximum Gasteiger partial charge on any atom is 0.229 e. The predicted molar refractivity (Wildman–Crippen MR) is 99.2 cm³/mol. The van der Waals surface area contributed by atoms with Crippen molar-refractivity contribution in [3.05, 3.63) is 47.8 Å². The quantitative estimate of drug-likeness (QED) is 0.917. The number of pyridine rings is 1. The molecule has 2 saturated heterocycles. The van der Waals surface area contributed by atoms with Crippen LogP contribution in [0.5, 0.6) is 0 Å². The molecule has 2 aromatic heterocycles. The van der Waals surface area contributed by atoms with E-state index in [1.807, 2.05) is 25.3 Å². The van der Waals surface area contributed by atoms with Gasteiger partial charge in [-0.15, -0.1) is 0 Å². The first-order valence-corrected chi connectivity index (χ1v) is 9.56. The van der Waals surface area contributed by atoms with Crippen LogP contribution < -0.4 is 0 Å². The summed E-state index contributed by atoms with van der Waals surface area (Å²) in [5, 5.41) is 0. The van der Waals surface area contributed by atoms with Gasteiger partial charge in [-0.25, -0.2) is 4.98 Å². The number of aryl methyl sites for hydroxylation is 1. The Bertz CT molecular complexity index is 749. The number of aromatic amines is 1. The maximum atomic E-state index is 13.3. The first-order valence-electron chi connectivity index (χ1n) is 9.56. The average Bonchev–Trinajstić information content (AvgIpc) is 3.07. The third kappa shape index (κ3) is 3.51. The highest BCUT2D eigenvalue weighted by Crippen LogP contribution is 2.41. The summed E-state index contributed by atoms with van der Waals surface area (Å²) in [7, 11) is 0. The highest BCUT2D eigenvalue weighted by molar-refractivity contribution is 5.83. The molecule has 4 rings (SSSR count). The van der Waals surface area contributed by atoms with Crippen LogP contribution in [0, 0.1) is 12.3 Å². The lowest BCUT2D eigenvalue weighted by molar-refractivity contribution is -0.150. The van der Waals surface area contributed by atoms with E-state index in [1.165, 1.54) is 0 Å². The van der Waals surface area contributed by atoms with Gasteiger partial charge < -0.3 is 9.88 Å². The topological polar surface area (TPSA) is 65.1 Å². The summed E-state index contributed by atoms with van der Waals surface area (Å²) in [5.74, 6) is 1.32. The fourth-order valence-corrected chi connectivity index (χ4v) is 4.41. The maximum absolute atomic E-state index is 13.3. The number of nitrogens with zero attached hydrogens (tertiary/aromatic N) is 4. The summed E-state index contributed by atoms with van der Waals surface area (Å²) < 4.78 is 0. The Balaban J connectivity index is 1.38. The van der Waals surface area contributed by atoms with Crippen molar-refractivity contribution in [1.29, 1.82) is 0 Å². The zero-order valence-corrected chi connectivity index (χ0v) is 15.4. The molecule has 1 amide bonds. The fourth-order valence-electron chi connectivity index (χ4n) is 4.41. The van der Waals surface area contributed by atoms with Crippen LogP contribution in [0.15, 0.2) is 30.7 Å². The van der Waals surface area contributed by atoms with Crippen molar-refractivity contribution in [2.24, 2.45) is 5.41 Å². The van der Waals surface area contributed by atoms with Crippen molar-refractivity contribution in [3.8, 4) is 0 Å². The molecule has 1 spiro atoms. The van der Waals surface area contributed by atoms with Gasteiger partial charge in [0.05, 0.1) is 5.41 Å². The molecule has 0 atom stereocenters. The Hall–Kier alpha value is -2.21. The summed E-state index contributed by atoms with van der Waals surface area (Å²) in [4.78, 5) is 29.4. The smallest absolute Gasteiger partial charge is 0.229 e. The molecule has 2 aliphatic heterocycles. The van der Waals surface area contributed by atoms with Gasteiger partial charge in [0.25, 0.3) is 0 Å². The second-order valence-electron chi connectivity index (χ2n) is 7.74. The number of hydrogen-bond acceptors (Lipinski definition) is 4. The molecule has 0 aromatic carbocycles. The third-order valence-electron chi connectivity index (χ3n) is 5.91. The van der Waals surface area contributed by atoms with E-state index in [1.54, 1.807) is 12.4 Å². The van der Waals surface area contributed by atoms with Crippen LogP contribution in [0.2, 0.25) is 0 Å². The molecule has 1 N–H and O–H groups in total. The number of aromatic nitrogens is 3. The molecule has 26 heavy (non-hydrogen) atoms. The minimum absolute atomic E-state index is 0.147. The van der Waals surface area contributed by atoms with Gasteiger partial charge in [0.2, 0.25) is 5.91 Å². The molecule has 4 heterocycles. The normalized spacial score (nSPS) is 20.7. The summed E-state index contributed by atoms with van der Waals surface area (Å²) in [6, 6.07) is 4.01. The van der Waals surface area contributed by atoms with Gasteiger partial charge in [-0.1, -0.05) is 0 Å². The van der Waals surface area contributed by atoms with Crippen LogP contribution in [0.4, 0.5) is 0 Å². The van der Waals surface area contributed by atoms with Gasteiger partial charge >= 0.3 is 0 Å². The number of hydrogen-bond donors (Lipinski definition) is 1. The van der Waals surface area contributed by atoms with Crippen molar-refractivity contribution in [3.63, 3.8) is 0 Å². The van der Waals surface area contributed by atoms with E-state index < -0.39 is 0 Å². The van der Waals surface area contributed by atoms with E-state index in [2.05, 4.69) is 24.8 Å². The zero-order chi connectivity index (χ0) is 18.0. The van der Waals surface area contributed by atoms with Gasteiger partial charge in [0.15, 0.2) is 0 Å². The molecule has 2 aromatic rings. The van der Waals surface area contributed by atoms with E-state index in [9.17, 15) is 4.79 Å². The third-order valence-corrected chi connectivity index (χ3v) is 5.91. The number of H-pyrrole nitrogens is 1. The second-order valence-corrected chi connectivity index (χ2v) is 7.74. The van der Waals surface area contributed by atoms with Crippen LogP contribution in [0.3, 0.4) is 0 Å². The van der Waals surface area contributed by atoms with Gasteiger partial charge in [0.1, 0.15) is 5.82 Å². The van der Waals surface area contributed by atoms with Crippen LogP contribution in [0.1, 0.15) is 42.8 Å². The van der Waals surface area contributed by atoms with Gasteiger partial charge in [-0.2, -0.15) is 0 Å². The summed E-state index contributed by atoms with van der Waals surface area (Å²) >= 11 is 0. The molecule has 0 aliphatic carbocycles. The monoisotopic (exact) mass is 353 g/mol. The van der Waals surface area contributed by atoms with Crippen molar-refractivity contribution in [2.45, 2.75) is 45.7 Å². The van der Waals surface area contributed by atoms with Gasteiger partial charge in [-0.3, -0.25) is 14.7 Å². The minimum atomic E-state index is -0.147. The number of nitrogens with one attached hydrogen (secondary N) is 1. The summed E-state index contributed by atoms with van der Waals surface area (Å²) in [6.45, 7) is 6.42. The van der Waals surface area contributed by atoms with Crippen molar-refractivity contribution < 1.29 is 4.79 Å². The first kappa shape index (κ1) is 17.2. The predicted octanol–water partition coefficient (Wildman–Crippen LogP) is 2.52. The van der Waals surface area contributed by atoms with E-state index in [4.69, 9.17) is 0 Å². The van der Waals surface area contributed by atoms with Crippen molar-refractivity contribution in [1.82, 2.24) is 24.8 Å². The average molecular weight is 353 g/mol. The molecule has 0 unspecified atom stereocenters. The molecule has 2 aliphatic rings. The van der Waals surface area contributed by atoms with Gasteiger partial charge in [-0.05, 0) is 63.4 Å². The number of rotatable bonds is 4. The van der Waals surface area contributed by atoms with Crippen LogP contribution in [0.25, 0.3) is 0 Å². The molecule has 0 radical (unpaired) electrons. The number of carbonyl (C=O) groups excluding carboxylic acids is 1. The Morgan fingerprint density at radius 3 is 2.58 bits per heavy atom. The lowest BCUT2D eigenvalue weighted by Gasteiger charge is -2.46. The first-order chi connectivity index (χ1) is 12.6. The van der Waals surface area contributed by atoms with Crippen LogP contribution in [-0.4, -0.2) is 50.3 Å². The van der Waals surface area contributed by atoms with Crippen LogP contribution in [-0.2, 0) is 17.9 Å². The molecule has 0 bridgehead atoms. The lowest BCUT2D eigenvalue weighted by Crippen LogP contribution is -2.53. The van der Waals surface area contributed by atoms with E-state index >= 15 is 0 Å². The van der Waals surface area contributed by atoms with Crippen molar-refractivity contribution in [2.75, 3.05) is 19.6 Å². The molecule has 138 valence electrons. The minimum Gasteiger partial charge on any atom is -0.345 e. The number of piperidine rings is 2. The standard InChI is InChI=1S/C20H27N5O/c1-16-22-13-18(23-16)15-24-11-6-20(7-12-24)5-2-10-25(19(20)26)14-17-3-8-21-9-4-17/h3-4,8-9,13H,2,5-7,10-12,14-15H2,1H3,(H,22,23).